The van der Waals surface area contributed by atoms with Crippen LogP contribution >= 0.6 is 0 Å². The van der Waals surface area contributed by atoms with Gasteiger partial charge in [-0.05, 0) is 70.0 Å². The Bertz CT molecular complexity index is 1700. The van der Waals surface area contributed by atoms with E-state index >= 15 is 0 Å². The standard InChI is InChI=1S/C30H31N5O6S/c1-19-18-39-16-15-35(19)26-17-25(30(13-14-30)42(37,38)27-20(2)34-41-21(27)3)32-28(33-26)22-9-11-23(12-10-22)31-29(36)40-24-7-5-4-6-8-24/h4-12,17,19H,13-16,18H2,1-3H3,(H,31,36). The van der Waals surface area contributed by atoms with Gasteiger partial charge in [-0.3, -0.25) is 5.32 Å². The number of ether oxygens (including phenoxy) is 2. The molecule has 2 fully saturated rings. The summed E-state index contributed by atoms with van der Waals surface area (Å²) in [6.07, 6.45) is 0.247. The van der Waals surface area contributed by atoms with Crippen LogP contribution in [0.3, 0.4) is 0 Å². The molecule has 42 heavy (non-hydrogen) atoms. The third kappa shape index (κ3) is 5.12. The number of para-hydroxylation sites is 1. The molecule has 2 aromatic carbocycles. The quantitative estimate of drug-likeness (QED) is 0.312. The molecule has 1 amide bonds. The molecule has 4 aromatic rings. The van der Waals surface area contributed by atoms with Crippen LogP contribution < -0.4 is 15.0 Å². The van der Waals surface area contributed by atoms with E-state index in [0.29, 0.717) is 72.6 Å². The van der Waals surface area contributed by atoms with Crippen molar-refractivity contribution in [3.05, 3.63) is 77.8 Å². The summed E-state index contributed by atoms with van der Waals surface area (Å²) in [4.78, 5) is 24.3. The summed E-state index contributed by atoms with van der Waals surface area (Å²) in [5.74, 6) is 1.73. The molecule has 0 spiro atoms. The van der Waals surface area contributed by atoms with E-state index < -0.39 is 20.7 Å². The number of nitrogens with zero attached hydrogens (tertiary/aromatic N) is 4. The molecule has 1 aliphatic heterocycles. The van der Waals surface area contributed by atoms with Gasteiger partial charge in [-0.25, -0.2) is 23.2 Å². The SMILES string of the molecule is Cc1noc(C)c1S(=O)(=O)C1(c2cc(N3CCOCC3C)nc(-c3ccc(NC(=O)Oc4ccccc4)cc3)n2)CC1. The van der Waals surface area contributed by atoms with Crippen LogP contribution in [0.15, 0.2) is 70.1 Å². The van der Waals surface area contributed by atoms with E-state index in [1.165, 1.54) is 0 Å². The molecule has 1 aliphatic carbocycles. The molecule has 3 heterocycles. The average Bonchev–Trinajstić information content (AvgIpc) is 3.73. The van der Waals surface area contributed by atoms with Crippen molar-refractivity contribution >= 4 is 27.4 Å². The average molecular weight is 590 g/mol. The van der Waals surface area contributed by atoms with Crippen LogP contribution in [-0.4, -0.2) is 55.4 Å². The summed E-state index contributed by atoms with van der Waals surface area (Å²) in [5.41, 5.74) is 1.97. The van der Waals surface area contributed by atoms with E-state index in [0.717, 1.165) is 0 Å². The number of amides is 1. The van der Waals surface area contributed by atoms with Gasteiger partial charge >= 0.3 is 6.09 Å². The van der Waals surface area contributed by atoms with Gasteiger partial charge in [0, 0.05) is 23.9 Å². The van der Waals surface area contributed by atoms with Gasteiger partial charge in [0.1, 0.15) is 21.2 Å². The maximum absolute atomic E-state index is 14.1. The van der Waals surface area contributed by atoms with Crippen molar-refractivity contribution < 1.29 is 27.2 Å². The molecular formula is C30H31N5O6S. The molecule has 11 nitrogen and oxygen atoms in total. The number of sulfone groups is 1. The molecule has 2 aromatic heterocycles. The molecular weight excluding hydrogens is 558 g/mol. The predicted octanol–water partition coefficient (Wildman–Crippen LogP) is 5.05. The second-order valence-corrected chi connectivity index (χ2v) is 12.8. The largest absolute Gasteiger partial charge is 0.417 e. The fraction of sp³-hybridized carbons (Fsp3) is 0.333. The first-order valence-corrected chi connectivity index (χ1v) is 15.2. The molecule has 1 N–H and O–H groups in total. The fourth-order valence-corrected chi connectivity index (χ4v) is 7.53. The third-order valence-corrected chi connectivity index (χ3v) is 10.4. The Morgan fingerprint density at radius 1 is 1.07 bits per heavy atom. The minimum absolute atomic E-state index is 0.0471. The normalized spacial score (nSPS) is 18.0. The van der Waals surface area contributed by atoms with Crippen LogP contribution in [0.4, 0.5) is 16.3 Å². The highest BCUT2D eigenvalue weighted by molar-refractivity contribution is 7.92. The minimum atomic E-state index is -3.86. The second-order valence-electron chi connectivity index (χ2n) is 10.6. The van der Waals surface area contributed by atoms with Crippen molar-refractivity contribution in [1.82, 2.24) is 15.1 Å². The van der Waals surface area contributed by atoms with Crippen LogP contribution in [0, 0.1) is 13.8 Å². The highest BCUT2D eigenvalue weighted by atomic mass is 32.2. The number of benzene rings is 2. The van der Waals surface area contributed by atoms with Crippen molar-refractivity contribution in [3.8, 4) is 17.1 Å². The number of aromatic nitrogens is 3. The number of anilines is 2. The maximum Gasteiger partial charge on any atom is 0.417 e. The number of carbonyl (C=O) groups is 1. The second kappa shape index (κ2) is 10.8. The van der Waals surface area contributed by atoms with Gasteiger partial charge in [0.15, 0.2) is 21.4 Å². The van der Waals surface area contributed by atoms with E-state index in [9.17, 15) is 13.2 Å². The van der Waals surface area contributed by atoms with Crippen molar-refractivity contribution in [1.29, 1.82) is 0 Å². The first-order valence-electron chi connectivity index (χ1n) is 13.7. The summed E-state index contributed by atoms with van der Waals surface area (Å²) < 4.78 is 43.1. The zero-order chi connectivity index (χ0) is 29.5. The summed E-state index contributed by atoms with van der Waals surface area (Å²) in [6.45, 7) is 6.99. The number of carbonyl (C=O) groups excluding carboxylic acids is 1. The predicted molar refractivity (Wildman–Crippen MR) is 155 cm³/mol. The lowest BCUT2D eigenvalue weighted by atomic mass is 10.1. The Kier molecular flexibility index (Phi) is 7.19. The zero-order valence-corrected chi connectivity index (χ0v) is 24.3. The van der Waals surface area contributed by atoms with Crippen LogP contribution in [0.25, 0.3) is 11.4 Å². The first-order chi connectivity index (χ1) is 20.2. The van der Waals surface area contributed by atoms with Crippen LogP contribution in [0.2, 0.25) is 0 Å². The Labute approximate surface area is 243 Å². The van der Waals surface area contributed by atoms with E-state index in [1.807, 2.05) is 13.0 Å². The van der Waals surface area contributed by atoms with Gasteiger partial charge in [0.25, 0.3) is 0 Å². The van der Waals surface area contributed by atoms with E-state index in [2.05, 4.69) is 15.4 Å². The van der Waals surface area contributed by atoms with Gasteiger partial charge in [-0.1, -0.05) is 23.4 Å². The molecule has 0 bridgehead atoms. The number of hydrogen-bond donors (Lipinski definition) is 1. The highest BCUT2D eigenvalue weighted by Gasteiger charge is 2.59. The number of morpholine rings is 1. The Hall–Kier alpha value is -4.29. The van der Waals surface area contributed by atoms with Crippen LogP contribution in [-0.2, 0) is 19.3 Å². The van der Waals surface area contributed by atoms with Crippen molar-refractivity contribution in [2.45, 2.75) is 49.3 Å². The molecule has 0 radical (unpaired) electrons. The molecule has 12 heteroatoms. The van der Waals surface area contributed by atoms with Crippen LogP contribution in [0.1, 0.15) is 36.9 Å². The summed E-state index contributed by atoms with van der Waals surface area (Å²) in [7, 11) is -3.86. The van der Waals surface area contributed by atoms with Gasteiger partial charge in [-0.2, -0.15) is 0 Å². The zero-order valence-electron chi connectivity index (χ0n) is 23.5. The van der Waals surface area contributed by atoms with E-state index in [1.54, 1.807) is 68.4 Å². The maximum atomic E-state index is 14.1. The summed E-state index contributed by atoms with van der Waals surface area (Å²) in [5, 5.41) is 6.60. The topological polar surface area (TPSA) is 137 Å². The summed E-state index contributed by atoms with van der Waals surface area (Å²) in [6, 6.07) is 17.6. The monoisotopic (exact) mass is 589 g/mol. The van der Waals surface area contributed by atoms with Crippen molar-refractivity contribution in [3.63, 3.8) is 0 Å². The third-order valence-electron chi connectivity index (χ3n) is 7.64. The summed E-state index contributed by atoms with van der Waals surface area (Å²) >= 11 is 0. The molecule has 1 saturated heterocycles. The van der Waals surface area contributed by atoms with Crippen molar-refractivity contribution in [2.24, 2.45) is 0 Å². The fourth-order valence-electron chi connectivity index (χ4n) is 5.28. The lowest BCUT2D eigenvalue weighted by Crippen LogP contribution is -2.44. The molecule has 6 rings (SSSR count). The van der Waals surface area contributed by atoms with Gasteiger partial charge in [0.05, 0.1) is 30.6 Å². The number of aryl methyl sites for hydroxylation is 2. The molecule has 218 valence electrons. The van der Waals surface area contributed by atoms with Gasteiger partial charge in [0.2, 0.25) is 0 Å². The lowest BCUT2D eigenvalue weighted by molar-refractivity contribution is 0.0985. The Morgan fingerprint density at radius 2 is 1.81 bits per heavy atom. The molecule has 1 saturated carbocycles. The number of rotatable bonds is 7. The first kappa shape index (κ1) is 27.9. The highest BCUT2D eigenvalue weighted by Crippen LogP contribution is 2.56. The van der Waals surface area contributed by atoms with E-state index in [4.69, 9.17) is 24.0 Å². The Balaban J connectivity index is 1.35. The smallest absolute Gasteiger partial charge is 0.410 e. The van der Waals surface area contributed by atoms with Crippen LogP contribution in [0.5, 0.6) is 5.75 Å². The van der Waals surface area contributed by atoms with Crippen molar-refractivity contribution in [2.75, 3.05) is 30.0 Å². The lowest BCUT2D eigenvalue weighted by Gasteiger charge is -2.34. The Morgan fingerprint density at radius 3 is 2.45 bits per heavy atom. The van der Waals surface area contributed by atoms with Gasteiger partial charge in [-0.15, -0.1) is 0 Å². The number of hydrogen-bond acceptors (Lipinski definition) is 10. The molecule has 1 atom stereocenters. The molecule has 2 aliphatic rings. The van der Waals surface area contributed by atoms with E-state index in [-0.39, 0.29) is 16.7 Å². The number of nitrogens with one attached hydrogen (secondary N) is 1. The van der Waals surface area contributed by atoms with Gasteiger partial charge < -0.3 is 18.9 Å². The minimum Gasteiger partial charge on any atom is -0.410 e. The molecule has 1 unspecified atom stereocenters.